The first-order valence-electron chi connectivity index (χ1n) is 8.98. The van der Waals surface area contributed by atoms with Crippen molar-refractivity contribution in [1.29, 1.82) is 0 Å². The number of nitrogens with zero attached hydrogens (tertiary/aromatic N) is 2. The number of rotatable bonds is 3. The Bertz CT molecular complexity index is 680. The molecule has 2 heterocycles. The average molecular weight is 380 g/mol. The van der Waals surface area contributed by atoms with Crippen molar-refractivity contribution in [3.8, 4) is 5.75 Å². The maximum atomic E-state index is 12.4. The number of hydrogen-bond acceptors (Lipinski definition) is 5. The van der Waals surface area contributed by atoms with Crippen LogP contribution in [-0.4, -0.2) is 55.0 Å². The van der Waals surface area contributed by atoms with Crippen LogP contribution in [0.2, 0.25) is 5.02 Å². The number of carbonyl (C=O) groups is 1. The molecule has 0 saturated carbocycles. The van der Waals surface area contributed by atoms with Crippen LogP contribution in [-0.2, 0) is 11.2 Å². The summed E-state index contributed by atoms with van der Waals surface area (Å²) in [5, 5.41) is 9.70. The van der Waals surface area contributed by atoms with Gasteiger partial charge in [0.25, 0.3) is 0 Å². The van der Waals surface area contributed by atoms with E-state index in [-0.39, 0.29) is 12.1 Å². The van der Waals surface area contributed by atoms with Crippen molar-refractivity contribution in [3.63, 3.8) is 0 Å². The molecule has 6 nitrogen and oxygen atoms in total. The second kappa shape index (κ2) is 7.57. The van der Waals surface area contributed by atoms with Crippen LogP contribution in [0.25, 0.3) is 0 Å². The summed E-state index contributed by atoms with van der Waals surface area (Å²) >= 11 is 6.19. The van der Waals surface area contributed by atoms with Crippen LogP contribution < -0.4 is 9.55 Å². The molecule has 2 aliphatic rings. The lowest BCUT2D eigenvalue weighted by atomic mass is 9.98. The summed E-state index contributed by atoms with van der Waals surface area (Å²) in [7, 11) is 0.681. The molecule has 1 N–H and O–H groups in total. The molecule has 0 spiro atoms. The van der Waals surface area contributed by atoms with Gasteiger partial charge in [0.15, 0.2) is 0 Å². The van der Waals surface area contributed by atoms with Gasteiger partial charge in [-0.05, 0) is 57.7 Å². The van der Waals surface area contributed by atoms with Gasteiger partial charge >= 0.3 is 13.8 Å². The standard InChI is InChI=1S/C18H25BClN2O4/c1-18(2,3)25-17(23)21-8-6-14(11-21)22-7-4-5-12-9-13(20)10-15(16(12)22)26-19-24/h9-10,14,24H,4-8,11H2,1-3H3/t14-/m0/s1. The predicted molar refractivity (Wildman–Crippen MR) is 102 cm³/mol. The molecular formula is C18H25BClN2O4. The van der Waals surface area contributed by atoms with Crippen LogP contribution in [0.3, 0.4) is 0 Å². The summed E-state index contributed by atoms with van der Waals surface area (Å²) in [6.45, 7) is 7.78. The largest absolute Gasteiger partial charge is 0.569 e. The second-order valence-corrected chi connectivity index (χ2v) is 8.24. The third kappa shape index (κ3) is 4.21. The molecule has 1 aromatic carbocycles. The third-order valence-electron chi connectivity index (χ3n) is 4.69. The van der Waals surface area contributed by atoms with Gasteiger partial charge in [-0.15, -0.1) is 0 Å². The van der Waals surface area contributed by atoms with E-state index < -0.39 is 5.60 Å². The molecule has 1 radical (unpaired) electrons. The quantitative estimate of drug-likeness (QED) is 0.818. The van der Waals surface area contributed by atoms with Crippen LogP contribution in [0, 0.1) is 0 Å². The van der Waals surface area contributed by atoms with Gasteiger partial charge in [0.2, 0.25) is 0 Å². The summed E-state index contributed by atoms with van der Waals surface area (Å²) < 4.78 is 10.8. The number of likely N-dealkylation sites (tertiary alicyclic amines) is 1. The lowest BCUT2D eigenvalue weighted by Crippen LogP contribution is -2.43. The van der Waals surface area contributed by atoms with E-state index >= 15 is 0 Å². The smallest absolute Gasteiger partial charge is 0.536 e. The van der Waals surface area contributed by atoms with Gasteiger partial charge in [-0.1, -0.05) is 11.6 Å². The van der Waals surface area contributed by atoms with Crippen molar-refractivity contribution < 1.29 is 19.2 Å². The van der Waals surface area contributed by atoms with Gasteiger partial charge in [-0.2, -0.15) is 0 Å². The van der Waals surface area contributed by atoms with E-state index in [9.17, 15) is 4.79 Å². The van der Waals surface area contributed by atoms with Crippen LogP contribution in [0.5, 0.6) is 5.75 Å². The Morgan fingerprint density at radius 1 is 1.35 bits per heavy atom. The highest BCUT2D eigenvalue weighted by Crippen LogP contribution is 2.41. The summed E-state index contributed by atoms with van der Waals surface area (Å²) in [5.74, 6) is 0.547. The lowest BCUT2D eigenvalue weighted by molar-refractivity contribution is 0.0292. The van der Waals surface area contributed by atoms with Gasteiger partial charge in [-0.3, -0.25) is 0 Å². The number of benzene rings is 1. The molecule has 1 fully saturated rings. The fourth-order valence-corrected chi connectivity index (χ4v) is 3.93. The molecule has 1 amide bonds. The molecule has 0 aromatic heterocycles. The van der Waals surface area contributed by atoms with Gasteiger partial charge in [0.05, 0.1) is 5.69 Å². The molecule has 1 saturated heterocycles. The molecular weight excluding hydrogens is 354 g/mol. The molecule has 2 aliphatic heterocycles. The zero-order valence-electron chi connectivity index (χ0n) is 15.5. The Labute approximate surface area is 160 Å². The number of amides is 1. The minimum Gasteiger partial charge on any atom is -0.536 e. The van der Waals surface area contributed by atoms with E-state index in [1.165, 1.54) is 0 Å². The lowest BCUT2D eigenvalue weighted by Gasteiger charge is -2.37. The van der Waals surface area contributed by atoms with Gasteiger partial charge in [-0.25, -0.2) is 4.79 Å². The fraction of sp³-hybridized carbons (Fsp3) is 0.611. The molecule has 0 aliphatic carbocycles. The highest BCUT2D eigenvalue weighted by molar-refractivity contribution is 6.31. The van der Waals surface area contributed by atoms with Crippen LogP contribution in [0.4, 0.5) is 10.5 Å². The van der Waals surface area contributed by atoms with E-state index in [1.54, 1.807) is 11.0 Å². The summed E-state index contributed by atoms with van der Waals surface area (Å²) in [5.41, 5.74) is 1.57. The number of hydrogen-bond donors (Lipinski definition) is 1. The molecule has 26 heavy (non-hydrogen) atoms. The number of halogens is 1. The van der Waals surface area contributed by atoms with Crippen LogP contribution in [0.1, 0.15) is 39.2 Å². The van der Waals surface area contributed by atoms with Crippen molar-refractivity contribution in [3.05, 3.63) is 22.7 Å². The molecule has 141 valence electrons. The predicted octanol–water partition coefficient (Wildman–Crippen LogP) is 3.01. The van der Waals surface area contributed by atoms with Crippen molar-refractivity contribution in [1.82, 2.24) is 4.90 Å². The van der Waals surface area contributed by atoms with Gasteiger partial charge in [0, 0.05) is 30.7 Å². The minimum atomic E-state index is -0.498. The zero-order chi connectivity index (χ0) is 18.9. The monoisotopic (exact) mass is 379 g/mol. The van der Waals surface area contributed by atoms with E-state index in [0.29, 0.717) is 31.5 Å². The van der Waals surface area contributed by atoms with Crippen molar-refractivity contribution >= 4 is 31.1 Å². The SMILES string of the molecule is CC(C)(C)OC(=O)N1CC[C@H](N2CCCc3cc(Cl)cc(O[B]O)c32)C1. The number of aryl methyl sites for hydroxylation is 1. The van der Waals surface area contributed by atoms with E-state index in [0.717, 1.165) is 37.1 Å². The number of ether oxygens (including phenoxy) is 1. The summed E-state index contributed by atoms with van der Waals surface area (Å²) in [6.07, 6.45) is 2.52. The van der Waals surface area contributed by atoms with E-state index in [1.807, 2.05) is 26.8 Å². The van der Waals surface area contributed by atoms with Crippen molar-refractivity contribution in [2.75, 3.05) is 24.5 Å². The molecule has 0 bridgehead atoms. The van der Waals surface area contributed by atoms with Crippen LogP contribution in [0.15, 0.2) is 12.1 Å². The summed E-state index contributed by atoms with van der Waals surface area (Å²) in [4.78, 5) is 16.4. The maximum absolute atomic E-state index is 12.4. The fourth-order valence-electron chi connectivity index (χ4n) is 3.70. The first-order valence-corrected chi connectivity index (χ1v) is 9.36. The Kier molecular flexibility index (Phi) is 5.58. The third-order valence-corrected chi connectivity index (χ3v) is 4.90. The van der Waals surface area contributed by atoms with Crippen molar-refractivity contribution in [2.24, 2.45) is 0 Å². The topological polar surface area (TPSA) is 62.2 Å². The van der Waals surface area contributed by atoms with Crippen molar-refractivity contribution in [2.45, 2.75) is 51.7 Å². The molecule has 3 rings (SSSR count). The van der Waals surface area contributed by atoms with E-state index in [4.69, 9.17) is 26.0 Å². The normalized spacial score (nSPS) is 20.0. The average Bonchev–Trinajstić information content (AvgIpc) is 3.02. The highest BCUT2D eigenvalue weighted by Gasteiger charge is 2.35. The zero-order valence-corrected chi connectivity index (χ0v) is 16.3. The Morgan fingerprint density at radius 3 is 2.81 bits per heavy atom. The Morgan fingerprint density at radius 2 is 2.12 bits per heavy atom. The number of carbonyl (C=O) groups excluding carboxylic acids is 1. The van der Waals surface area contributed by atoms with Crippen LogP contribution >= 0.6 is 11.6 Å². The Hall–Kier alpha value is -1.60. The number of fused-ring (bicyclic) bond motifs is 1. The van der Waals surface area contributed by atoms with Gasteiger partial charge in [0.1, 0.15) is 11.4 Å². The molecule has 1 atom stereocenters. The van der Waals surface area contributed by atoms with E-state index in [2.05, 4.69) is 4.90 Å². The Balaban J connectivity index is 1.79. The first kappa shape index (κ1) is 19.2. The molecule has 8 heteroatoms. The molecule has 1 aromatic rings. The maximum Gasteiger partial charge on any atom is 0.569 e. The number of anilines is 1. The minimum absolute atomic E-state index is 0.184. The second-order valence-electron chi connectivity index (χ2n) is 7.80. The molecule has 0 unspecified atom stereocenters. The van der Waals surface area contributed by atoms with Gasteiger partial charge < -0.3 is 24.2 Å². The summed E-state index contributed by atoms with van der Waals surface area (Å²) in [6, 6.07) is 3.85. The first-order chi connectivity index (χ1) is 12.3. The highest BCUT2D eigenvalue weighted by atomic mass is 35.5.